The second kappa shape index (κ2) is 9.38. The van der Waals surface area contributed by atoms with Gasteiger partial charge >= 0.3 is 6.09 Å². The summed E-state index contributed by atoms with van der Waals surface area (Å²) < 4.78 is 10.3. The average molecular weight is 361 g/mol. The van der Waals surface area contributed by atoms with Crippen LogP contribution < -0.4 is 4.90 Å². The molecule has 1 heterocycles. The summed E-state index contributed by atoms with van der Waals surface area (Å²) in [6, 6.07) is 8.09. The minimum atomic E-state index is -0.310. The topological polar surface area (TPSA) is 59.0 Å². The molecule has 1 N–H and O–H groups in total. The molecule has 0 bridgehead atoms. The van der Waals surface area contributed by atoms with Crippen LogP contribution in [0.4, 0.5) is 10.5 Å². The van der Waals surface area contributed by atoms with E-state index in [2.05, 4.69) is 12.1 Å². The Balaban J connectivity index is 1.45. The highest BCUT2D eigenvalue weighted by atomic mass is 16.6. The number of aryl methyl sites for hydroxylation is 1. The third kappa shape index (κ3) is 4.98. The third-order valence-electron chi connectivity index (χ3n) is 5.63. The Morgan fingerprint density at radius 1 is 1.23 bits per heavy atom. The fourth-order valence-electron chi connectivity index (χ4n) is 4.12. The number of nitrogens with zero attached hydrogens (tertiary/aromatic N) is 1. The first kappa shape index (κ1) is 19.2. The van der Waals surface area contributed by atoms with Gasteiger partial charge in [-0.05, 0) is 55.7 Å². The van der Waals surface area contributed by atoms with Crippen LogP contribution in [0.2, 0.25) is 0 Å². The van der Waals surface area contributed by atoms with Crippen molar-refractivity contribution in [3.63, 3.8) is 0 Å². The van der Waals surface area contributed by atoms with Crippen molar-refractivity contribution in [1.82, 2.24) is 0 Å². The Morgan fingerprint density at radius 3 is 2.65 bits per heavy atom. The fourth-order valence-corrected chi connectivity index (χ4v) is 4.12. The first-order valence-electron chi connectivity index (χ1n) is 9.91. The minimum Gasteiger partial charge on any atom is -0.441 e. The van der Waals surface area contributed by atoms with Crippen molar-refractivity contribution >= 4 is 11.8 Å². The number of methoxy groups -OCH3 is 1. The lowest BCUT2D eigenvalue weighted by atomic mass is 9.83. The van der Waals surface area contributed by atoms with Crippen LogP contribution in [0.5, 0.6) is 0 Å². The van der Waals surface area contributed by atoms with Crippen molar-refractivity contribution < 1.29 is 19.4 Å². The first-order valence-corrected chi connectivity index (χ1v) is 9.91. The van der Waals surface area contributed by atoms with Gasteiger partial charge in [0, 0.05) is 12.8 Å². The summed E-state index contributed by atoms with van der Waals surface area (Å²) in [5, 5.41) is 10.4. The molecule has 0 radical (unpaired) electrons. The molecule has 1 amide bonds. The summed E-state index contributed by atoms with van der Waals surface area (Å²) in [4.78, 5) is 13.6. The smallest absolute Gasteiger partial charge is 0.414 e. The van der Waals surface area contributed by atoms with Gasteiger partial charge in [-0.15, -0.1) is 0 Å². The number of rotatable bonds is 8. The van der Waals surface area contributed by atoms with Crippen molar-refractivity contribution in [2.45, 2.75) is 63.6 Å². The van der Waals surface area contributed by atoms with E-state index < -0.39 is 0 Å². The van der Waals surface area contributed by atoms with Gasteiger partial charge in [-0.1, -0.05) is 31.4 Å². The van der Waals surface area contributed by atoms with E-state index in [4.69, 9.17) is 9.47 Å². The van der Waals surface area contributed by atoms with E-state index in [0.29, 0.717) is 19.1 Å². The molecular weight excluding hydrogens is 330 g/mol. The normalized spacial score (nSPS) is 22.5. The summed E-state index contributed by atoms with van der Waals surface area (Å²) >= 11 is 0. The molecule has 1 aromatic rings. The van der Waals surface area contributed by atoms with Gasteiger partial charge in [-0.3, -0.25) is 4.90 Å². The van der Waals surface area contributed by atoms with E-state index in [-0.39, 0.29) is 18.3 Å². The molecule has 144 valence electrons. The number of anilines is 1. The summed E-state index contributed by atoms with van der Waals surface area (Å²) in [6.07, 6.45) is 8.42. The van der Waals surface area contributed by atoms with Crippen LogP contribution in [-0.4, -0.2) is 43.7 Å². The van der Waals surface area contributed by atoms with Gasteiger partial charge in [0.25, 0.3) is 0 Å². The van der Waals surface area contributed by atoms with Crippen LogP contribution in [0.3, 0.4) is 0 Å². The maximum Gasteiger partial charge on any atom is 0.414 e. The molecule has 2 unspecified atom stereocenters. The molecule has 3 rings (SSSR count). The predicted octanol–water partition coefficient (Wildman–Crippen LogP) is 3.92. The summed E-state index contributed by atoms with van der Waals surface area (Å²) in [7, 11) is 1.61. The number of carbonyl (C=O) groups is 1. The van der Waals surface area contributed by atoms with E-state index >= 15 is 0 Å². The van der Waals surface area contributed by atoms with Crippen LogP contribution in [-0.2, 0) is 15.9 Å². The maximum absolute atomic E-state index is 12.0. The van der Waals surface area contributed by atoms with Crippen LogP contribution in [0.1, 0.15) is 50.5 Å². The molecule has 1 saturated heterocycles. The molecule has 5 heteroatoms. The highest BCUT2D eigenvalue weighted by Gasteiger charge is 2.32. The van der Waals surface area contributed by atoms with E-state index in [0.717, 1.165) is 24.9 Å². The lowest BCUT2D eigenvalue weighted by Crippen LogP contribution is -2.25. The number of ether oxygens (including phenoxy) is 2. The zero-order chi connectivity index (χ0) is 18.4. The number of aliphatic hydroxyl groups excluding tert-OH is 1. The molecule has 1 saturated carbocycles. The molecule has 0 spiro atoms. The molecule has 26 heavy (non-hydrogen) atoms. The first-order chi connectivity index (χ1) is 12.7. The lowest BCUT2D eigenvalue weighted by Gasteiger charge is -2.26. The average Bonchev–Trinajstić information content (AvgIpc) is 3.03. The number of amides is 1. The van der Waals surface area contributed by atoms with Crippen LogP contribution in [0, 0.1) is 5.92 Å². The van der Waals surface area contributed by atoms with Gasteiger partial charge in [0.1, 0.15) is 6.10 Å². The molecule has 2 fully saturated rings. The predicted molar refractivity (Wildman–Crippen MR) is 101 cm³/mol. The Labute approximate surface area is 156 Å². The van der Waals surface area contributed by atoms with Crippen LogP contribution in [0.15, 0.2) is 24.3 Å². The summed E-state index contributed by atoms with van der Waals surface area (Å²) in [5.41, 5.74) is 2.10. The number of benzene rings is 1. The molecule has 5 nitrogen and oxygen atoms in total. The minimum absolute atomic E-state index is 0.147. The second-order valence-corrected chi connectivity index (χ2v) is 7.60. The summed E-state index contributed by atoms with van der Waals surface area (Å²) in [6.45, 7) is 0.948. The number of carbonyl (C=O) groups excluding carboxylic acids is 1. The lowest BCUT2D eigenvalue weighted by molar-refractivity contribution is 0.0718. The van der Waals surface area contributed by atoms with E-state index in [1.807, 2.05) is 12.1 Å². The largest absolute Gasteiger partial charge is 0.441 e. The monoisotopic (exact) mass is 361 g/mol. The molecule has 2 atom stereocenters. The van der Waals surface area contributed by atoms with Crippen molar-refractivity contribution in [2.75, 3.05) is 25.2 Å². The van der Waals surface area contributed by atoms with Crippen LogP contribution >= 0.6 is 0 Å². The molecule has 2 aliphatic rings. The van der Waals surface area contributed by atoms with Gasteiger partial charge in [0.05, 0.1) is 19.3 Å². The highest BCUT2D eigenvalue weighted by molar-refractivity contribution is 5.89. The van der Waals surface area contributed by atoms with Gasteiger partial charge in [-0.25, -0.2) is 4.79 Å². The number of hydrogen-bond donors (Lipinski definition) is 1. The maximum atomic E-state index is 12.0. The molecule has 0 aromatic heterocycles. The van der Waals surface area contributed by atoms with Crippen molar-refractivity contribution in [3.8, 4) is 0 Å². The van der Waals surface area contributed by atoms with E-state index in [9.17, 15) is 9.90 Å². The Morgan fingerprint density at radius 2 is 1.96 bits per heavy atom. The quantitative estimate of drug-likeness (QED) is 0.762. The molecule has 1 aliphatic heterocycles. The van der Waals surface area contributed by atoms with E-state index in [1.165, 1.54) is 37.7 Å². The molecule has 1 aromatic carbocycles. The Bertz CT molecular complexity index is 568. The van der Waals surface area contributed by atoms with Crippen molar-refractivity contribution in [2.24, 2.45) is 5.92 Å². The Kier molecular flexibility index (Phi) is 6.92. The highest BCUT2D eigenvalue weighted by Crippen LogP contribution is 2.28. The zero-order valence-electron chi connectivity index (χ0n) is 15.7. The second-order valence-electron chi connectivity index (χ2n) is 7.60. The Hall–Kier alpha value is -1.59. The van der Waals surface area contributed by atoms with Gasteiger partial charge in [-0.2, -0.15) is 0 Å². The number of aliphatic hydroxyl groups is 1. The molecule has 1 aliphatic carbocycles. The zero-order valence-corrected chi connectivity index (χ0v) is 15.7. The number of hydrogen-bond acceptors (Lipinski definition) is 4. The summed E-state index contributed by atoms with van der Waals surface area (Å²) in [5.74, 6) is 0.507. The van der Waals surface area contributed by atoms with Gasteiger partial charge < -0.3 is 14.6 Å². The third-order valence-corrected chi connectivity index (χ3v) is 5.63. The number of cyclic esters (lactones) is 1. The van der Waals surface area contributed by atoms with E-state index in [1.54, 1.807) is 12.0 Å². The fraction of sp³-hybridized carbons (Fsp3) is 0.667. The molecular formula is C21H31NO4. The standard InChI is InChI=1S/C21H31NO4/c1-25-15-19-14-22(21(24)26-19)18-12-10-16(11-13-18)6-5-9-20(23)17-7-3-2-4-8-17/h10-13,17,19-20,23H,2-9,14-15H2,1H3. The van der Waals surface area contributed by atoms with Gasteiger partial charge in [0.2, 0.25) is 0 Å². The van der Waals surface area contributed by atoms with Crippen molar-refractivity contribution in [3.05, 3.63) is 29.8 Å². The van der Waals surface area contributed by atoms with Crippen LogP contribution in [0.25, 0.3) is 0 Å². The SMILES string of the molecule is COCC1CN(c2ccc(CCCC(O)C3CCCCC3)cc2)C(=O)O1. The van der Waals surface area contributed by atoms with Gasteiger partial charge in [0.15, 0.2) is 0 Å². The van der Waals surface area contributed by atoms with Crippen molar-refractivity contribution in [1.29, 1.82) is 0 Å².